The van der Waals surface area contributed by atoms with Gasteiger partial charge in [0.2, 0.25) is 5.91 Å². The summed E-state index contributed by atoms with van der Waals surface area (Å²) in [6.07, 6.45) is 2.83. The summed E-state index contributed by atoms with van der Waals surface area (Å²) in [4.78, 5) is 27.3. The predicted molar refractivity (Wildman–Crippen MR) is 110 cm³/mol. The zero-order chi connectivity index (χ0) is 19.7. The molecule has 0 saturated heterocycles. The van der Waals surface area contributed by atoms with Crippen molar-refractivity contribution in [2.45, 2.75) is 45.2 Å². The first-order valence-electron chi connectivity index (χ1n) is 9.47. The van der Waals surface area contributed by atoms with E-state index in [1.807, 2.05) is 29.3 Å². The van der Waals surface area contributed by atoms with E-state index in [0.29, 0.717) is 42.3 Å². The summed E-state index contributed by atoms with van der Waals surface area (Å²) in [6.45, 7) is 2.56. The number of methoxy groups -OCH3 is 1. The molecule has 0 spiro atoms. The molecule has 146 valence electrons. The maximum absolute atomic E-state index is 12.9. The molecule has 4 rings (SSSR count). The minimum absolute atomic E-state index is 0.0994. The second-order valence-corrected chi connectivity index (χ2v) is 8.02. The molecule has 5 nitrogen and oxygen atoms in total. The lowest BCUT2D eigenvalue weighted by molar-refractivity contribution is -0.132. The van der Waals surface area contributed by atoms with Crippen molar-refractivity contribution in [3.05, 3.63) is 62.1 Å². The Morgan fingerprint density at radius 1 is 1.32 bits per heavy atom. The second-order valence-electron chi connectivity index (χ2n) is 7.24. The zero-order valence-electron chi connectivity index (χ0n) is 16.1. The minimum atomic E-state index is -0.373. The van der Waals surface area contributed by atoms with E-state index in [4.69, 9.17) is 9.15 Å². The molecule has 2 heterocycles. The van der Waals surface area contributed by atoms with Gasteiger partial charge in [-0.05, 0) is 66.3 Å². The molecular formula is C22H23NO4S. The van der Waals surface area contributed by atoms with Crippen LogP contribution in [-0.4, -0.2) is 24.0 Å². The molecule has 28 heavy (non-hydrogen) atoms. The Morgan fingerprint density at radius 3 is 2.82 bits per heavy atom. The van der Waals surface area contributed by atoms with Gasteiger partial charge in [0.1, 0.15) is 11.3 Å². The first kappa shape index (κ1) is 18.7. The van der Waals surface area contributed by atoms with Crippen molar-refractivity contribution in [1.82, 2.24) is 4.90 Å². The quantitative estimate of drug-likeness (QED) is 0.558. The Labute approximate surface area is 167 Å². The van der Waals surface area contributed by atoms with Crippen LogP contribution in [0.3, 0.4) is 0 Å². The second kappa shape index (κ2) is 7.80. The highest BCUT2D eigenvalue weighted by molar-refractivity contribution is 7.07. The molecule has 0 unspecified atom stereocenters. The van der Waals surface area contributed by atoms with E-state index in [9.17, 15) is 9.59 Å². The molecule has 6 heteroatoms. The summed E-state index contributed by atoms with van der Waals surface area (Å²) in [7, 11) is 1.58. The number of hydrogen-bond acceptors (Lipinski definition) is 5. The normalized spacial score (nSPS) is 13.6. The first-order valence-corrected chi connectivity index (χ1v) is 10.4. The van der Waals surface area contributed by atoms with Crippen molar-refractivity contribution in [3.8, 4) is 5.75 Å². The van der Waals surface area contributed by atoms with Gasteiger partial charge in [-0.1, -0.05) is 0 Å². The molecule has 1 aromatic carbocycles. The number of hydrogen-bond donors (Lipinski definition) is 0. The third kappa shape index (κ3) is 3.83. The van der Waals surface area contributed by atoms with Gasteiger partial charge in [0.15, 0.2) is 0 Å². The molecule has 1 saturated carbocycles. The summed E-state index contributed by atoms with van der Waals surface area (Å²) in [5, 5.41) is 4.99. The van der Waals surface area contributed by atoms with Gasteiger partial charge >= 0.3 is 5.63 Å². The third-order valence-corrected chi connectivity index (χ3v) is 6.06. The molecule has 1 aliphatic rings. The summed E-state index contributed by atoms with van der Waals surface area (Å²) >= 11 is 1.64. The van der Waals surface area contributed by atoms with Gasteiger partial charge in [-0.3, -0.25) is 4.79 Å². The molecule has 0 bridgehead atoms. The largest absolute Gasteiger partial charge is 0.497 e. The monoisotopic (exact) mass is 397 g/mol. The molecular weight excluding hydrogens is 374 g/mol. The first-order chi connectivity index (χ1) is 13.6. The molecule has 2 aromatic heterocycles. The van der Waals surface area contributed by atoms with Crippen LogP contribution in [0.1, 0.15) is 36.0 Å². The van der Waals surface area contributed by atoms with E-state index >= 15 is 0 Å². The van der Waals surface area contributed by atoms with Crippen molar-refractivity contribution in [1.29, 1.82) is 0 Å². The molecule has 3 aromatic rings. The van der Waals surface area contributed by atoms with Crippen molar-refractivity contribution < 1.29 is 13.9 Å². The Bertz CT molecular complexity index is 1050. The number of fused-ring (bicyclic) bond motifs is 1. The van der Waals surface area contributed by atoms with Gasteiger partial charge in [0.05, 0.1) is 7.11 Å². The maximum Gasteiger partial charge on any atom is 0.339 e. The van der Waals surface area contributed by atoms with E-state index < -0.39 is 0 Å². The minimum Gasteiger partial charge on any atom is -0.497 e. The number of carbonyl (C=O) groups is 1. The number of nitrogens with zero attached hydrogens (tertiary/aromatic N) is 1. The lowest BCUT2D eigenvalue weighted by Crippen LogP contribution is -2.33. The number of benzene rings is 1. The van der Waals surface area contributed by atoms with Crippen molar-refractivity contribution in [3.63, 3.8) is 0 Å². The number of ether oxygens (including phenoxy) is 1. The Balaban J connectivity index is 1.53. The van der Waals surface area contributed by atoms with Crippen LogP contribution in [0.25, 0.3) is 11.0 Å². The number of amides is 1. The van der Waals surface area contributed by atoms with Gasteiger partial charge in [-0.15, -0.1) is 0 Å². The number of carbonyl (C=O) groups excluding carboxylic acids is 1. The van der Waals surface area contributed by atoms with E-state index in [0.717, 1.165) is 23.8 Å². The fourth-order valence-corrected chi connectivity index (χ4v) is 4.21. The highest BCUT2D eigenvalue weighted by atomic mass is 32.1. The van der Waals surface area contributed by atoms with E-state index in [1.54, 1.807) is 24.5 Å². The fraction of sp³-hybridized carbons (Fsp3) is 0.364. The molecule has 0 atom stereocenters. The average Bonchev–Trinajstić information content (AvgIpc) is 3.40. The highest BCUT2D eigenvalue weighted by Gasteiger charge is 2.32. The van der Waals surface area contributed by atoms with Gasteiger partial charge in [0.25, 0.3) is 0 Å². The molecule has 0 N–H and O–H groups in total. The summed E-state index contributed by atoms with van der Waals surface area (Å²) in [6, 6.07) is 7.86. The summed E-state index contributed by atoms with van der Waals surface area (Å²) in [5.74, 6) is 0.744. The highest BCUT2D eigenvalue weighted by Crippen LogP contribution is 2.30. The van der Waals surface area contributed by atoms with Crippen LogP contribution < -0.4 is 10.4 Å². The molecule has 1 amide bonds. The molecule has 1 aliphatic carbocycles. The van der Waals surface area contributed by atoms with E-state index in [2.05, 4.69) is 11.4 Å². The van der Waals surface area contributed by atoms with Crippen LogP contribution in [0.2, 0.25) is 0 Å². The van der Waals surface area contributed by atoms with Crippen LogP contribution >= 0.6 is 11.3 Å². The van der Waals surface area contributed by atoms with Crippen molar-refractivity contribution in [2.75, 3.05) is 7.11 Å². The van der Waals surface area contributed by atoms with Gasteiger partial charge in [-0.2, -0.15) is 11.3 Å². The maximum atomic E-state index is 12.9. The Hall–Kier alpha value is -2.60. The molecule has 1 fully saturated rings. The van der Waals surface area contributed by atoms with Gasteiger partial charge < -0.3 is 14.1 Å². The van der Waals surface area contributed by atoms with Crippen LogP contribution in [0, 0.1) is 6.92 Å². The van der Waals surface area contributed by atoms with Gasteiger partial charge in [0, 0.05) is 36.0 Å². The van der Waals surface area contributed by atoms with Crippen molar-refractivity contribution in [2.24, 2.45) is 0 Å². The topological polar surface area (TPSA) is 59.8 Å². The Morgan fingerprint density at radius 2 is 2.14 bits per heavy atom. The van der Waals surface area contributed by atoms with E-state index in [-0.39, 0.29) is 11.5 Å². The summed E-state index contributed by atoms with van der Waals surface area (Å²) < 4.78 is 10.7. The third-order valence-electron chi connectivity index (χ3n) is 5.32. The number of aryl methyl sites for hydroxylation is 1. The Kier molecular flexibility index (Phi) is 5.22. The number of thiophene rings is 1. The van der Waals surface area contributed by atoms with Crippen LogP contribution in [-0.2, 0) is 17.8 Å². The van der Waals surface area contributed by atoms with Crippen molar-refractivity contribution >= 4 is 28.2 Å². The smallest absolute Gasteiger partial charge is 0.339 e. The SMILES string of the molecule is COc1ccc2c(C)c(CCC(=O)N(Cc3ccsc3)C3CC3)c(=O)oc2c1. The van der Waals surface area contributed by atoms with Crippen LogP contribution in [0.15, 0.2) is 44.2 Å². The summed E-state index contributed by atoms with van der Waals surface area (Å²) in [5.41, 5.74) is 2.76. The van der Waals surface area contributed by atoms with Gasteiger partial charge in [-0.25, -0.2) is 4.79 Å². The van der Waals surface area contributed by atoms with E-state index in [1.165, 1.54) is 5.56 Å². The van der Waals surface area contributed by atoms with Crippen LogP contribution in [0.5, 0.6) is 5.75 Å². The van der Waals surface area contributed by atoms with Crippen LogP contribution in [0.4, 0.5) is 0 Å². The number of rotatable bonds is 7. The average molecular weight is 397 g/mol. The fourth-order valence-electron chi connectivity index (χ4n) is 3.55. The molecule has 0 radical (unpaired) electrons. The lowest BCUT2D eigenvalue weighted by Gasteiger charge is -2.22. The standard InChI is InChI=1S/C22H23NO4S/c1-14-18-6-5-17(26-2)11-20(18)27-22(25)19(14)7-8-21(24)23(16-3-4-16)12-15-9-10-28-13-15/h5-6,9-11,13,16H,3-4,7-8,12H2,1-2H3. The lowest BCUT2D eigenvalue weighted by atomic mass is 10.0. The predicted octanol–water partition coefficient (Wildman–Crippen LogP) is 4.30. The molecule has 0 aliphatic heterocycles. The zero-order valence-corrected chi connectivity index (χ0v) is 16.9.